The predicted molar refractivity (Wildman–Crippen MR) is 85.0 cm³/mol. The Morgan fingerprint density at radius 3 is 2.95 bits per heavy atom. The molecule has 0 bridgehead atoms. The molecule has 1 aliphatic rings. The fourth-order valence-corrected chi connectivity index (χ4v) is 3.32. The Labute approximate surface area is 127 Å². The van der Waals surface area contributed by atoms with Gasteiger partial charge in [0.05, 0.1) is 6.54 Å². The average molecular weight is 299 g/mol. The molecule has 0 aliphatic heterocycles. The van der Waals surface area contributed by atoms with Crippen molar-refractivity contribution >= 4 is 28.1 Å². The molecule has 0 saturated heterocycles. The minimum Gasteiger partial charge on any atom is -0.439 e. The predicted octanol–water partition coefficient (Wildman–Crippen LogP) is 3.64. The minimum atomic E-state index is 0.673. The lowest BCUT2D eigenvalue weighted by Crippen LogP contribution is -2.24. The molecule has 2 N–H and O–H groups in total. The number of nitrogens with two attached hydrogens (primary N) is 1. The standard InChI is InChI=1S/C16H17N3OS/c17-11-3-6-15-14(8-11)18-16(20-15)10-19(12-4-5-12)9-13-2-1-7-21-13/h1-3,6-8,12H,4-5,9-10,17H2. The Bertz CT molecular complexity index is 746. The molecular weight excluding hydrogens is 282 g/mol. The quantitative estimate of drug-likeness (QED) is 0.731. The first-order chi connectivity index (χ1) is 10.3. The molecule has 3 aromatic rings. The van der Waals surface area contributed by atoms with Crippen molar-refractivity contribution in [1.29, 1.82) is 0 Å². The summed E-state index contributed by atoms with van der Waals surface area (Å²) < 4.78 is 5.85. The number of hydrogen-bond acceptors (Lipinski definition) is 5. The number of aromatic nitrogens is 1. The number of thiophene rings is 1. The zero-order chi connectivity index (χ0) is 14.2. The topological polar surface area (TPSA) is 55.3 Å². The van der Waals surface area contributed by atoms with Gasteiger partial charge in [0.2, 0.25) is 5.89 Å². The fraction of sp³-hybridized carbons (Fsp3) is 0.312. The Hall–Kier alpha value is -1.85. The molecule has 4 nitrogen and oxygen atoms in total. The highest BCUT2D eigenvalue weighted by Gasteiger charge is 2.30. The summed E-state index contributed by atoms with van der Waals surface area (Å²) in [5.41, 5.74) is 8.17. The molecule has 21 heavy (non-hydrogen) atoms. The molecule has 0 atom stereocenters. The van der Waals surface area contributed by atoms with Gasteiger partial charge in [-0.05, 0) is 42.5 Å². The zero-order valence-electron chi connectivity index (χ0n) is 11.7. The molecule has 0 amide bonds. The largest absolute Gasteiger partial charge is 0.439 e. The summed E-state index contributed by atoms with van der Waals surface area (Å²) in [5.74, 6) is 0.777. The van der Waals surface area contributed by atoms with Crippen molar-refractivity contribution in [2.24, 2.45) is 0 Å². The molecule has 1 fully saturated rings. The number of hydrogen-bond donors (Lipinski definition) is 1. The maximum absolute atomic E-state index is 5.85. The SMILES string of the molecule is Nc1ccc2oc(CN(Cc3cccs3)C3CC3)nc2c1. The van der Waals surface area contributed by atoms with Crippen molar-refractivity contribution in [3.05, 3.63) is 46.5 Å². The van der Waals surface area contributed by atoms with Crippen LogP contribution in [0.5, 0.6) is 0 Å². The number of nitrogen functional groups attached to an aromatic ring is 1. The molecule has 0 spiro atoms. The van der Waals surface area contributed by atoms with E-state index in [1.807, 2.05) is 18.2 Å². The second kappa shape index (κ2) is 5.16. The van der Waals surface area contributed by atoms with Crippen LogP contribution in [0, 0.1) is 0 Å². The van der Waals surface area contributed by atoms with Gasteiger partial charge in [0.15, 0.2) is 5.58 Å². The fourth-order valence-electron chi connectivity index (χ4n) is 2.59. The van der Waals surface area contributed by atoms with Crippen molar-refractivity contribution in [3.8, 4) is 0 Å². The number of oxazole rings is 1. The highest BCUT2D eigenvalue weighted by Crippen LogP contribution is 2.31. The van der Waals surface area contributed by atoms with Gasteiger partial charge in [0.1, 0.15) is 5.52 Å². The van der Waals surface area contributed by atoms with E-state index in [4.69, 9.17) is 10.2 Å². The molecule has 1 aliphatic carbocycles. The van der Waals surface area contributed by atoms with Crippen LogP contribution >= 0.6 is 11.3 Å². The number of anilines is 1. The van der Waals surface area contributed by atoms with Crippen LogP contribution in [0.25, 0.3) is 11.1 Å². The van der Waals surface area contributed by atoms with E-state index >= 15 is 0 Å². The molecular formula is C16H17N3OS. The summed E-state index contributed by atoms with van der Waals surface area (Å²) in [4.78, 5) is 8.42. The van der Waals surface area contributed by atoms with Crippen LogP contribution in [0.3, 0.4) is 0 Å². The molecule has 4 rings (SSSR count). The van der Waals surface area contributed by atoms with Crippen molar-refractivity contribution in [1.82, 2.24) is 9.88 Å². The molecule has 0 unspecified atom stereocenters. The number of benzene rings is 1. The monoisotopic (exact) mass is 299 g/mol. The van der Waals surface area contributed by atoms with Gasteiger partial charge in [-0.15, -0.1) is 11.3 Å². The van der Waals surface area contributed by atoms with Crippen molar-refractivity contribution in [2.75, 3.05) is 5.73 Å². The van der Waals surface area contributed by atoms with Crippen molar-refractivity contribution in [3.63, 3.8) is 0 Å². The van der Waals surface area contributed by atoms with Gasteiger partial charge >= 0.3 is 0 Å². The first-order valence-electron chi connectivity index (χ1n) is 7.19. The zero-order valence-corrected chi connectivity index (χ0v) is 12.5. The summed E-state index contributed by atoms with van der Waals surface area (Å²) in [5, 5.41) is 2.13. The van der Waals surface area contributed by atoms with Crippen LogP contribution in [0.15, 0.2) is 40.1 Å². The number of rotatable bonds is 5. The summed E-state index contributed by atoms with van der Waals surface area (Å²) in [7, 11) is 0. The van der Waals surface area contributed by atoms with Crippen molar-refractivity contribution in [2.45, 2.75) is 32.0 Å². The van der Waals surface area contributed by atoms with E-state index in [9.17, 15) is 0 Å². The van der Waals surface area contributed by atoms with Crippen LogP contribution in [-0.2, 0) is 13.1 Å². The van der Waals surface area contributed by atoms with Crippen LogP contribution < -0.4 is 5.73 Å². The molecule has 0 radical (unpaired) electrons. The van der Waals surface area contributed by atoms with E-state index < -0.39 is 0 Å². The lowest BCUT2D eigenvalue weighted by molar-refractivity contribution is 0.225. The normalized spacial score (nSPS) is 15.1. The Balaban J connectivity index is 1.56. The van der Waals surface area contributed by atoms with E-state index in [1.165, 1.54) is 17.7 Å². The first-order valence-corrected chi connectivity index (χ1v) is 8.07. The maximum atomic E-state index is 5.85. The third-order valence-corrected chi connectivity index (χ3v) is 4.66. The lowest BCUT2D eigenvalue weighted by Gasteiger charge is -2.19. The third-order valence-electron chi connectivity index (χ3n) is 3.80. The van der Waals surface area contributed by atoms with Gasteiger partial charge < -0.3 is 10.2 Å². The van der Waals surface area contributed by atoms with E-state index in [0.29, 0.717) is 6.04 Å². The number of nitrogens with zero attached hydrogens (tertiary/aromatic N) is 2. The first kappa shape index (κ1) is 12.9. The van der Waals surface area contributed by atoms with Gasteiger partial charge in [0, 0.05) is 23.2 Å². The maximum Gasteiger partial charge on any atom is 0.209 e. The Morgan fingerprint density at radius 1 is 1.29 bits per heavy atom. The summed E-state index contributed by atoms with van der Waals surface area (Å²) in [6.45, 7) is 1.74. The van der Waals surface area contributed by atoms with Crippen LogP contribution in [0.1, 0.15) is 23.6 Å². The van der Waals surface area contributed by atoms with Crippen LogP contribution in [0.2, 0.25) is 0 Å². The molecule has 5 heteroatoms. The van der Waals surface area contributed by atoms with Gasteiger partial charge in [0.25, 0.3) is 0 Å². The van der Waals surface area contributed by atoms with E-state index in [2.05, 4.69) is 27.4 Å². The number of fused-ring (bicyclic) bond motifs is 1. The second-order valence-corrected chi connectivity index (χ2v) is 6.58. The van der Waals surface area contributed by atoms with E-state index in [0.717, 1.165) is 35.8 Å². The van der Waals surface area contributed by atoms with Crippen molar-refractivity contribution < 1.29 is 4.42 Å². The van der Waals surface area contributed by atoms with Gasteiger partial charge in [-0.2, -0.15) is 0 Å². The van der Waals surface area contributed by atoms with E-state index in [1.54, 1.807) is 11.3 Å². The lowest BCUT2D eigenvalue weighted by atomic mass is 10.3. The molecule has 1 saturated carbocycles. The Kier molecular flexibility index (Phi) is 3.16. The highest BCUT2D eigenvalue weighted by atomic mass is 32.1. The average Bonchev–Trinajstić information content (AvgIpc) is 3.04. The van der Waals surface area contributed by atoms with Gasteiger partial charge in [-0.25, -0.2) is 4.98 Å². The third kappa shape index (κ3) is 2.80. The summed E-state index contributed by atoms with van der Waals surface area (Å²) in [6.07, 6.45) is 2.55. The second-order valence-electron chi connectivity index (χ2n) is 5.55. The van der Waals surface area contributed by atoms with Gasteiger partial charge in [-0.1, -0.05) is 6.07 Å². The minimum absolute atomic E-state index is 0.673. The molecule has 2 heterocycles. The molecule has 108 valence electrons. The summed E-state index contributed by atoms with van der Waals surface area (Å²) >= 11 is 1.80. The van der Waals surface area contributed by atoms with E-state index in [-0.39, 0.29) is 0 Å². The van der Waals surface area contributed by atoms with Crippen LogP contribution in [0.4, 0.5) is 5.69 Å². The van der Waals surface area contributed by atoms with Crippen LogP contribution in [-0.4, -0.2) is 15.9 Å². The summed E-state index contributed by atoms with van der Waals surface area (Å²) in [6, 6.07) is 10.6. The highest BCUT2D eigenvalue weighted by molar-refractivity contribution is 7.09. The molecule has 1 aromatic carbocycles. The molecule has 2 aromatic heterocycles. The smallest absolute Gasteiger partial charge is 0.209 e. The Morgan fingerprint density at radius 2 is 2.19 bits per heavy atom. The van der Waals surface area contributed by atoms with Gasteiger partial charge in [-0.3, -0.25) is 4.90 Å².